The van der Waals surface area contributed by atoms with Crippen LogP contribution >= 0.6 is 0 Å². The van der Waals surface area contributed by atoms with E-state index in [9.17, 15) is 0 Å². The Kier molecular flexibility index (Phi) is 3.93. The molecule has 0 atom stereocenters. The summed E-state index contributed by atoms with van der Waals surface area (Å²) >= 11 is 0. The van der Waals surface area contributed by atoms with Gasteiger partial charge in [-0.3, -0.25) is 0 Å². The van der Waals surface area contributed by atoms with E-state index in [1.807, 2.05) is 42.5 Å². The Labute approximate surface area is 156 Å². The molecule has 5 heteroatoms. The SMILES string of the molecule is C1=Cc2cc3ccc(cc4ccc(cc5nc(cc1n2)C=C5)[nH]4)[nH]3.[Li]. The summed E-state index contributed by atoms with van der Waals surface area (Å²) in [5, 5.41) is 0. The van der Waals surface area contributed by atoms with Crippen LogP contribution in [0.25, 0.3) is 46.4 Å². The number of fused-ring (bicyclic) bond motifs is 8. The molecule has 2 aliphatic rings. The summed E-state index contributed by atoms with van der Waals surface area (Å²) in [4.78, 5) is 16.0. The Hall–Kier alpha value is -2.80. The van der Waals surface area contributed by atoms with Crippen molar-refractivity contribution in [2.24, 2.45) is 0 Å². The minimum absolute atomic E-state index is 0. The van der Waals surface area contributed by atoms with Crippen LogP contribution in [0.3, 0.4) is 0 Å². The van der Waals surface area contributed by atoms with Crippen molar-refractivity contribution in [2.45, 2.75) is 0 Å². The fourth-order valence-electron chi connectivity index (χ4n) is 2.94. The summed E-state index contributed by atoms with van der Waals surface area (Å²) < 4.78 is 0. The molecule has 0 unspecified atom stereocenters. The van der Waals surface area contributed by atoms with Crippen LogP contribution in [0.1, 0.15) is 22.8 Å². The van der Waals surface area contributed by atoms with E-state index >= 15 is 0 Å². The number of aromatic nitrogens is 4. The van der Waals surface area contributed by atoms with E-state index in [1.165, 1.54) is 0 Å². The van der Waals surface area contributed by atoms with Gasteiger partial charge in [0.1, 0.15) is 0 Å². The number of hydrogen-bond donors (Lipinski definition) is 2. The third-order valence-electron chi connectivity index (χ3n) is 4.04. The summed E-state index contributed by atoms with van der Waals surface area (Å²) in [6.07, 6.45) is 8.05. The Morgan fingerprint density at radius 1 is 0.480 bits per heavy atom. The molecule has 25 heavy (non-hydrogen) atoms. The average molecular weight is 317 g/mol. The monoisotopic (exact) mass is 317 g/mol. The Bertz CT molecular complexity index is 1080. The van der Waals surface area contributed by atoms with E-state index in [2.05, 4.69) is 50.3 Å². The van der Waals surface area contributed by atoms with Gasteiger partial charge in [0.2, 0.25) is 0 Å². The Morgan fingerprint density at radius 3 is 1.28 bits per heavy atom. The predicted molar refractivity (Wildman–Crippen MR) is 105 cm³/mol. The van der Waals surface area contributed by atoms with Crippen LogP contribution in [0.15, 0.2) is 48.5 Å². The van der Waals surface area contributed by atoms with Crippen molar-refractivity contribution in [3.63, 3.8) is 0 Å². The van der Waals surface area contributed by atoms with Crippen molar-refractivity contribution in [3.05, 3.63) is 71.3 Å². The van der Waals surface area contributed by atoms with E-state index in [4.69, 9.17) is 0 Å². The van der Waals surface area contributed by atoms with Crippen LogP contribution < -0.4 is 0 Å². The van der Waals surface area contributed by atoms with Crippen LogP contribution in [0.2, 0.25) is 0 Å². The number of nitrogens with zero attached hydrogens (tertiary/aromatic N) is 2. The van der Waals surface area contributed by atoms with Crippen molar-refractivity contribution in [3.8, 4) is 0 Å². The number of hydrogen-bond acceptors (Lipinski definition) is 2. The van der Waals surface area contributed by atoms with Crippen molar-refractivity contribution < 1.29 is 0 Å². The zero-order valence-electron chi connectivity index (χ0n) is 13.8. The third kappa shape index (κ3) is 3.23. The molecule has 5 heterocycles. The molecule has 0 spiro atoms. The van der Waals surface area contributed by atoms with E-state index in [-0.39, 0.29) is 18.9 Å². The molecule has 1 radical (unpaired) electrons. The first-order chi connectivity index (χ1) is 11.8. The average Bonchev–Trinajstić information content (AvgIpc) is 3.32. The molecule has 8 bridgehead atoms. The van der Waals surface area contributed by atoms with Gasteiger partial charge >= 0.3 is 0 Å². The molecule has 0 fully saturated rings. The molecular formula is C20H14LiN4. The minimum Gasteiger partial charge on any atom is -0.355 e. The maximum atomic E-state index is 4.62. The molecule has 3 aromatic heterocycles. The first-order valence-corrected chi connectivity index (χ1v) is 7.85. The summed E-state index contributed by atoms with van der Waals surface area (Å²) in [7, 11) is 0. The van der Waals surface area contributed by atoms with Crippen molar-refractivity contribution in [1.82, 2.24) is 19.9 Å². The van der Waals surface area contributed by atoms with Crippen LogP contribution in [0.4, 0.5) is 0 Å². The van der Waals surface area contributed by atoms with Crippen molar-refractivity contribution in [2.75, 3.05) is 0 Å². The molecule has 0 saturated carbocycles. The molecular weight excluding hydrogens is 303 g/mol. The zero-order chi connectivity index (χ0) is 15.9. The van der Waals surface area contributed by atoms with Gasteiger partial charge in [0.05, 0.1) is 22.8 Å². The fourth-order valence-corrected chi connectivity index (χ4v) is 2.94. The third-order valence-corrected chi connectivity index (χ3v) is 4.04. The smallest absolute Gasteiger partial charge is 0.0659 e. The van der Waals surface area contributed by atoms with Crippen LogP contribution in [0.5, 0.6) is 0 Å². The molecule has 4 nitrogen and oxygen atoms in total. The number of rotatable bonds is 0. The van der Waals surface area contributed by atoms with Crippen molar-refractivity contribution in [1.29, 1.82) is 0 Å². The molecule has 2 aliphatic heterocycles. The Morgan fingerprint density at radius 2 is 0.840 bits per heavy atom. The Balaban J connectivity index is 0.00000157. The molecule has 115 valence electrons. The quantitative estimate of drug-likeness (QED) is 0.419. The van der Waals surface area contributed by atoms with E-state index in [1.54, 1.807) is 0 Å². The van der Waals surface area contributed by atoms with Gasteiger partial charge in [-0.05, 0) is 72.8 Å². The van der Waals surface area contributed by atoms with Gasteiger partial charge in [-0.25, -0.2) is 9.97 Å². The normalized spacial score (nSPS) is 12.2. The summed E-state index contributed by atoms with van der Waals surface area (Å²) in [5.74, 6) is 0. The topological polar surface area (TPSA) is 57.4 Å². The maximum absolute atomic E-state index is 4.62. The van der Waals surface area contributed by atoms with E-state index < -0.39 is 0 Å². The zero-order valence-corrected chi connectivity index (χ0v) is 13.8. The number of nitrogens with one attached hydrogen (secondary N) is 2. The minimum atomic E-state index is 0. The molecule has 0 amide bonds. The number of H-pyrrole nitrogens is 2. The summed E-state index contributed by atoms with van der Waals surface area (Å²) in [6.45, 7) is 0. The first-order valence-electron chi connectivity index (χ1n) is 7.85. The fraction of sp³-hybridized carbons (Fsp3) is 0. The second kappa shape index (κ2) is 6.25. The van der Waals surface area contributed by atoms with Gasteiger partial charge in [0, 0.05) is 40.9 Å². The standard InChI is InChI=1S/C20H14N4.Li/c1-2-14-10-16-5-6-18(23-16)12-20-8-7-19(24-20)11-17-4-3-15(22-17)9-13(1)21-14;/h1-12,21-22H;. The molecule has 5 rings (SSSR count). The molecule has 0 aromatic carbocycles. The largest absolute Gasteiger partial charge is 0.355 e. The van der Waals surface area contributed by atoms with Gasteiger partial charge in [0.25, 0.3) is 0 Å². The summed E-state index contributed by atoms with van der Waals surface area (Å²) in [5.41, 5.74) is 7.86. The van der Waals surface area contributed by atoms with Gasteiger partial charge in [0.15, 0.2) is 0 Å². The van der Waals surface area contributed by atoms with Crippen LogP contribution in [0, 0.1) is 0 Å². The van der Waals surface area contributed by atoms with Crippen molar-refractivity contribution >= 4 is 65.2 Å². The molecule has 2 N–H and O–H groups in total. The van der Waals surface area contributed by atoms with E-state index in [0.717, 1.165) is 44.8 Å². The van der Waals surface area contributed by atoms with Crippen LogP contribution in [-0.4, -0.2) is 38.8 Å². The number of aromatic amines is 2. The van der Waals surface area contributed by atoms with Gasteiger partial charge in [-0.1, -0.05) is 0 Å². The van der Waals surface area contributed by atoms with Gasteiger partial charge in [-0.2, -0.15) is 0 Å². The second-order valence-electron chi connectivity index (χ2n) is 5.91. The maximum Gasteiger partial charge on any atom is 0.0659 e. The van der Waals surface area contributed by atoms with Gasteiger partial charge in [-0.15, -0.1) is 0 Å². The molecule has 0 saturated heterocycles. The first kappa shape index (κ1) is 15.7. The van der Waals surface area contributed by atoms with Crippen LogP contribution in [-0.2, 0) is 0 Å². The van der Waals surface area contributed by atoms with E-state index in [0.29, 0.717) is 0 Å². The predicted octanol–water partition coefficient (Wildman–Crippen LogP) is 4.27. The second-order valence-corrected chi connectivity index (χ2v) is 5.91. The molecule has 0 aliphatic carbocycles. The van der Waals surface area contributed by atoms with Gasteiger partial charge < -0.3 is 9.97 Å². The molecule has 3 aromatic rings. The summed E-state index contributed by atoms with van der Waals surface area (Å²) in [6, 6.07) is 16.4.